The number of carbonyl (C=O) groups is 1. The van der Waals surface area contributed by atoms with Crippen molar-refractivity contribution in [1.29, 1.82) is 0 Å². The number of rotatable bonds is 13. The SMILES string of the molecule is CCCCCCCCCCCCCC(=O)c1[nH]cc[n+]1C.[Cl-]. The standard InChI is InChI=1S/C18H32N2O.ClH/c1-3-4-5-6-7-8-9-10-11-12-13-14-17(21)18-19-15-16-20(18)2;/h15-16H,3-14H2,1-2H3;1H. The number of hydrogen-bond donors (Lipinski definition) is 1. The molecule has 0 amide bonds. The molecule has 0 atom stereocenters. The minimum Gasteiger partial charge on any atom is -1.00 e. The van der Waals surface area contributed by atoms with E-state index in [-0.39, 0.29) is 18.2 Å². The molecule has 1 N–H and O–H groups in total. The van der Waals surface area contributed by atoms with Crippen LogP contribution in [0.3, 0.4) is 0 Å². The number of halogens is 1. The van der Waals surface area contributed by atoms with E-state index < -0.39 is 0 Å². The highest BCUT2D eigenvalue weighted by atomic mass is 35.5. The Morgan fingerprint density at radius 2 is 1.45 bits per heavy atom. The maximum Gasteiger partial charge on any atom is 0.323 e. The van der Waals surface area contributed by atoms with Gasteiger partial charge in [0, 0.05) is 6.42 Å². The summed E-state index contributed by atoms with van der Waals surface area (Å²) >= 11 is 0. The van der Waals surface area contributed by atoms with E-state index in [9.17, 15) is 4.79 Å². The van der Waals surface area contributed by atoms with Crippen LogP contribution in [0.15, 0.2) is 12.4 Å². The van der Waals surface area contributed by atoms with Crippen LogP contribution in [0, 0.1) is 0 Å². The smallest absolute Gasteiger partial charge is 0.323 e. The molecule has 0 saturated carbocycles. The summed E-state index contributed by atoms with van der Waals surface area (Å²) in [6.07, 6.45) is 18.9. The molecule has 0 radical (unpaired) electrons. The van der Waals surface area contributed by atoms with Crippen LogP contribution in [0.4, 0.5) is 0 Å². The third kappa shape index (κ3) is 9.24. The maximum absolute atomic E-state index is 11.9. The minimum absolute atomic E-state index is 0. The van der Waals surface area contributed by atoms with Gasteiger partial charge in [-0.3, -0.25) is 4.79 Å². The first-order valence-electron chi connectivity index (χ1n) is 8.82. The first-order chi connectivity index (χ1) is 10.3. The van der Waals surface area contributed by atoms with Gasteiger partial charge in [0.1, 0.15) is 12.4 Å². The number of aromatic nitrogens is 2. The first kappa shape index (κ1) is 21.2. The molecule has 0 aromatic carbocycles. The molecule has 0 aliphatic heterocycles. The van der Waals surface area contributed by atoms with Crippen molar-refractivity contribution in [3.63, 3.8) is 0 Å². The number of H-pyrrole nitrogens is 1. The Kier molecular flexibility index (Phi) is 13.3. The van der Waals surface area contributed by atoms with E-state index in [0.29, 0.717) is 6.42 Å². The fraction of sp³-hybridized carbons (Fsp3) is 0.778. The van der Waals surface area contributed by atoms with Crippen molar-refractivity contribution in [2.45, 2.75) is 84.0 Å². The summed E-state index contributed by atoms with van der Waals surface area (Å²) in [6.45, 7) is 2.26. The molecule has 22 heavy (non-hydrogen) atoms. The van der Waals surface area contributed by atoms with Crippen molar-refractivity contribution in [3.05, 3.63) is 18.2 Å². The van der Waals surface area contributed by atoms with Crippen molar-refractivity contribution >= 4 is 5.78 Å². The maximum atomic E-state index is 11.9. The van der Waals surface area contributed by atoms with E-state index in [1.165, 1.54) is 64.2 Å². The zero-order valence-electron chi connectivity index (χ0n) is 14.4. The van der Waals surface area contributed by atoms with Crippen molar-refractivity contribution in [2.75, 3.05) is 0 Å². The van der Waals surface area contributed by atoms with Crippen LogP contribution >= 0.6 is 0 Å². The minimum atomic E-state index is 0. The van der Waals surface area contributed by atoms with Crippen molar-refractivity contribution in [1.82, 2.24) is 4.98 Å². The second kappa shape index (κ2) is 13.8. The first-order valence-corrected chi connectivity index (χ1v) is 8.82. The Morgan fingerprint density at radius 1 is 0.955 bits per heavy atom. The van der Waals surface area contributed by atoms with Gasteiger partial charge in [0.2, 0.25) is 5.78 Å². The molecule has 4 heteroatoms. The normalized spacial score (nSPS) is 10.5. The molecule has 1 heterocycles. The molecule has 1 aromatic rings. The molecular formula is C18H33ClN2O. The predicted octanol–water partition coefficient (Wildman–Crippen LogP) is 1.73. The van der Waals surface area contributed by atoms with Crippen LogP contribution in [0.25, 0.3) is 0 Å². The summed E-state index contributed by atoms with van der Waals surface area (Å²) in [5.74, 6) is 0.959. The molecule has 128 valence electrons. The molecule has 0 aliphatic carbocycles. The predicted molar refractivity (Wildman–Crippen MR) is 87.4 cm³/mol. The van der Waals surface area contributed by atoms with Gasteiger partial charge in [-0.2, -0.15) is 0 Å². The number of Topliss-reactive ketones (excluding diaryl/α,β-unsaturated/α-hetero) is 1. The van der Waals surface area contributed by atoms with Gasteiger partial charge in [-0.25, -0.2) is 9.55 Å². The lowest BCUT2D eigenvalue weighted by molar-refractivity contribution is -0.672. The second-order valence-corrected chi connectivity index (χ2v) is 6.13. The average molecular weight is 329 g/mol. The number of aromatic amines is 1. The van der Waals surface area contributed by atoms with E-state index in [4.69, 9.17) is 0 Å². The van der Waals surface area contributed by atoms with Crippen LogP contribution in [0.5, 0.6) is 0 Å². The molecular weight excluding hydrogens is 296 g/mol. The molecule has 0 fully saturated rings. The fourth-order valence-corrected chi connectivity index (χ4v) is 2.75. The number of imidazole rings is 1. The van der Waals surface area contributed by atoms with Gasteiger partial charge in [0.05, 0.1) is 7.05 Å². The van der Waals surface area contributed by atoms with Gasteiger partial charge in [-0.15, -0.1) is 0 Å². The lowest BCUT2D eigenvalue weighted by Gasteiger charge is -2.02. The third-order valence-corrected chi connectivity index (χ3v) is 4.14. The average Bonchev–Trinajstić information content (AvgIpc) is 2.91. The Bertz CT molecular complexity index is 390. The van der Waals surface area contributed by atoms with E-state index in [0.717, 1.165) is 12.2 Å². The number of hydrogen-bond acceptors (Lipinski definition) is 1. The van der Waals surface area contributed by atoms with Gasteiger partial charge in [-0.1, -0.05) is 71.1 Å². The van der Waals surface area contributed by atoms with E-state index in [2.05, 4.69) is 11.9 Å². The van der Waals surface area contributed by atoms with E-state index in [1.807, 2.05) is 24.0 Å². The van der Waals surface area contributed by atoms with Gasteiger partial charge >= 0.3 is 5.82 Å². The highest BCUT2D eigenvalue weighted by molar-refractivity contribution is 5.91. The van der Waals surface area contributed by atoms with Crippen LogP contribution in [0.2, 0.25) is 0 Å². The number of aryl methyl sites for hydroxylation is 1. The highest BCUT2D eigenvalue weighted by Gasteiger charge is 2.16. The molecule has 0 aliphatic rings. The molecule has 0 spiro atoms. The molecule has 0 unspecified atom stereocenters. The second-order valence-electron chi connectivity index (χ2n) is 6.13. The summed E-state index contributed by atoms with van der Waals surface area (Å²) in [5, 5.41) is 0. The summed E-state index contributed by atoms with van der Waals surface area (Å²) in [7, 11) is 1.91. The van der Waals surface area contributed by atoms with Crippen molar-refractivity contribution < 1.29 is 21.8 Å². The zero-order valence-corrected chi connectivity index (χ0v) is 15.1. The van der Waals surface area contributed by atoms with Gasteiger partial charge in [-0.05, 0) is 6.42 Å². The van der Waals surface area contributed by atoms with Crippen LogP contribution in [-0.2, 0) is 7.05 Å². The Hall–Kier alpha value is -0.830. The zero-order chi connectivity index (χ0) is 15.3. The third-order valence-electron chi connectivity index (χ3n) is 4.14. The Morgan fingerprint density at radius 3 is 1.91 bits per heavy atom. The number of unbranched alkanes of at least 4 members (excludes halogenated alkanes) is 10. The lowest BCUT2D eigenvalue weighted by Crippen LogP contribution is -3.00. The number of nitrogens with one attached hydrogen (secondary N) is 1. The van der Waals surface area contributed by atoms with Crippen molar-refractivity contribution in [2.24, 2.45) is 7.05 Å². The molecule has 0 saturated heterocycles. The fourth-order valence-electron chi connectivity index (χ4n) is 2.75. The van der Waals surface area contributed by atoms with Gasteiger partial charge in [0.25, 0.3) is 0 Å². The topological polar surface area (TPSA) is 36.7 Å². The highest BCUT2D eigenvalue weighted by Crippen LogP contribution is 2.12. The summed E-state index contributed by atoms with van der Waals surface area (Å²) in [6, 6.07) is 0. The number of carbonyl (C=O) groups excluding carboxylic acids is 1. The van der Waals surface area contributed by atoms with Crippen LogP contribution < -0.4 is 17.0 Å². The Balaban J connectivity index is 0.00000441. The molecule has 1 aromatic heterocycles. The Labute approximate surface area is 142 Å². The number of nitrogens with zero attached hydrogens (tertiary/aromatic N) is 1. The summed E-state index contributed by atoms with van der Waals surface area (Å²) in [5.41, 5.74) is 0. The largest absolute Gasteiger partial charge is 1.00 e. The number of ketones is 1. The van der Waals surface area contributed by atoms with E-state index in [1.54, 1.807) is 0 Å². The van der Waals surface area contributed by atoms with E-state index >= 15 is 0 Å². The van der Waals surface area contributed by atoms with Crippen LogP contribution in [0.1, 0.15) is 94.6 Å². The quantitative estimate of drug-likeness (QED) is 0.334. The van der Waals surface area contributed by atoms with Gasteiger partial charge in [0.15, 0.2) is 0 Å². The summed E-state index contributed by atoms with van der Waals surface area (Å²) < 4.78 is 1.86. The van der Waals surface area contributed by atoms with Crippen LogP contribution in [-0.4, -0.2) is 10.8 Å². The summed E-state index contributed by atoms with van der Waals surface area (Å²) in [4.78, 5) is 14.9. The van der Waals surface area contributed by atoms with Gasteiger partial charge < -0.3 is 12.4 Å². The monoisotopic (exact) mass is 328 g/mol. The van der Waals surface area contributed by atoms with Crippen molar-refractivity contribution in [3.8, 4) is 0 Å². The molecule has 3 nitrogen and oxygen atoms in total. The molecule has 0 bridgehead atoms. The lowest BCUT2D eigenvalue weighted by atomic mass is 10.0. The molecule has 1 rings (SSSR count).